The first-order valence-corrected chi connectivity index (χ1v) is 6.59. The predicted molar refractivity (Wildman–Crippen MR) is 73.7 cm³/mol. The van der Waals surface area contributed by atoms with Gasteiger partial charge in [-0.15, -0.1) is 0 Å². The number of rotatable bonds is 5. The van der Waals surface area contributed by atoms with E-state index in [0.29, 0.717) is 13.1 Å². The Morgan fingerprint density at radius 3 is 2.72 bits per heavy atom. The van der Waals surface area contributed by atoms with Gasteiger partial charge >= 0.3 is 0 Å². The van der Waals surface area contributed by atoms with Gasteiger partial charge in [0.05, 0.1) is 6.54 Å². The Bertz CT molecular complexity index is 423. The molecular weight excluding hydrogens is 299 g/mol. The topological polar surface area (TPSA) is 32.3 Å². The van der Waals surface area contributed by atoms with Crippen molar-refractivity contribution < 1.29 is 9.18 Å². The van der Waals surface area contributed by atoms with E-state index in [2.05, 4.69) is 21.2 Å². The summed E-state index contributed by atoms with van der Waals surface area (Å²) in [5, 5.41) is 2.83. The molecule has 0 aliphatic heterocycles. The lowest BCUT2D eigenvalue weighted by atomic mass is 10.2. The molecule has 1 amide bonds. The number of carbonyl (C=O) groups excluding carboxylic acids is 1. The van der Waals surface area contributed by atoms with Crippen molar-refractivity contribution in [1.29, 1.82) is 0 Å². The Labute approximate surface area is 115 Å². The molecule has 0 saturated carbocycles. The maximum absolute atomic E-state index is 12.9. The molecule has 18 heavy (non-hydrogen) atoms. The van der Waals surface area contributed by atoms with Crippen LogP contribution in [0.3, 0.4) is 0 Å². The summed E-state index contributed by atoms with van der Waals surface area (Å²) in [6.45, 7) is 4.76. The molecule has 0 aromatic heterocycles. The third kappa shape index (κ3) is 5.14. The van der Waals surface area contributed by atoms with Crippen molar-refractivity contribution in [3.63, 3.8) is 0 Å². The fourth-order valence-corrected chi connectivity index (χ4v) is 2.09. The van der Waals surface area contributed by atoms with Crippen LogP contribution in [0.25, 0.3) is 0 Å². The van der Waals surface area contributed by atoms with E-state index in [0.717, 1.165) is 10.0 Å². The summed E-state index contributed by atoms with van der Waals surface area (Å²) >= 11 is 3.31. The largest absolute Gasteiger partial charge is 0.353 e. The van der Waals surface area contributed by atoms with Gasteiger partial charge in [-0.05, 0) is 38.6 Å². The number of nitrogens with one attached hydrogen (secondary N) is 1. The molecule has 0 radical (unpaired) electrons. The van der Waals surface area contributed by atoms with Gasteiger partial charge in [0.15, 0.2) is 0 Å². The van der Waals surface area contributed by atoms with Gasteiger partial charge in [-0.3, -0.25) is 9.69 Å². The second-order valence-electron chi connectivity index (χ2n) is 4.63. The molecule has 1 aromatic carbocycles. The van der Waals surface area contributed by atoms with Crippen molar-refractivity contribution in [2.24, 2.45) is 0 Å². The minimum Gasteiger partial charge on any atom is -0.353 e. The molecule has 0 unspecified atom stereocenters. The Morgan fingerprint density at radius 2 is 2.17 bits per heavy atom. The van der Waals surface area contributed by atoms with Gasteiger partial charge in [-0.1, -0.05) is 22.0 Å². The SMILES string of the molecule is CC(C)NC(=O)CN(C)Cc1ccc(F)cc1Br. The number of hydrogen-bond donors (Lipinski definition) is 1. The molecule has 3 nitrogen and oxygen atoms in total. The maximum atomic E-state index is 12.9. The number of carbonyl (C=O) groups is 1. The molecule has 0 spiro atoms. The van der Waals surface area contributed by atoms with Gasteiger partial charge in [-0.25, -0.2) is 4.39 Å². The van der Waals surface area contributed by atoms with Gasteiger partial charge in [-0.2, -0.15) is 0 Å². The first-order chi connectivity index (χ1) is 8.38. The lowest BCUT2D eigenvalue weighted by Crippen LogP contribution is -2.38. The van der Waals surface area contributed by atoms with Crippen molar-refractivity contribution in [1.82, 2.24) is 10.2 Å². The van der Waals surface area contributed by atoms with Crippen LogP contribution in [0.2, 0.25) is 0 Å². The molecule has 5 heteroatoms. The highest BCUT2D eigenvalue weighted by Gasteiger charge is 2.10. The number of hydrogen-bond acceptors (Lipinski definition) is 2. The summed E-state index contributed by atoms with van der Waals surface area (Å²) in [6.07, 6.45) is 0. The molecule has 100 valence electrons. The third-order valence-electron chi connectivity index (χ3n) is 2.32. The van der Waals surface area contributed by atoms with Crippen molar-refractivity contribution in [2.45, 2.75) is 26.4 Å². The van der Waals surface area contributed by atoms with Gasteiger partial charge in [0.1, 0.15) is 5.82 Å². The van der Waals surface area contributed by atoms with Crippen molar-refractivity contribution in [3.05, 3.63) is 34.1 Å². The number of benzene rings is 1. The van der Waals surface area contributed by atoms with Crippen LogP contribution >= 0.6 is 15.9 Å². The Balaban J connectivity index is 2.54. The van der Waals surface area contributed by atoms with Gasteiger partial charge in [0, 0.05) is 17.1 Å². The number of halogens is 2. The standard InChI is InChI=1S/C13H18BrFN2O/c1-9(2)16-13(18)8-17(3)7-10-4-5-11(15)6-12(10)14/h4-6,9H,7-8H2,1-3H3,(H,16,18). The quantitative estimate of drug-likeness (QED) is 0.905. The molecule has 1 aromatic rings. The predicted octanol–water partition coefficient (Wildman–Crippen LogP) is 2.54. The van der Waals surface area contributed by atoms with E-state index in [-0.39, 0.29) is 17.8 Å². The van der Waals surface area contributed by atoms with Crippen molar-refractivity contribution >= 4 is 21.8 Å². The summed E-state index contributed by atoms with van der Waals surface area (Å²) in [5.41, 5.74) is 0.955. The fraction of sp³-hybridized carbons (Fsp3) is 0.462. The molecule has 0 atom stereocenters. The summed E-state index contributed by atoms with van der Waals surface area (Å²) < 4.78 is 13.7. The van der Waals surface area contributed by atoms with E-state index in [1.54, 1.807) is 6.07 Å². The van der Waals surface area contributed by atoms with Gasteiger partial charge < -0.3 is 5.32 Å². The lowest BCUT2D eigenvalue weighted by Gasteiger charge is -2.18. The highest BCUT2D eigenvalue weighted by molar-refractivity contribution is 9.10. The second kappa shape index (κ2) is 6.85. The zero-order chi connectivity index (χ0) is 13.7. The zero-order valence-electron chi connectivity index (χ0n) is 10.8. The van der Waals surface area contributed by atoms with Gasteiger partial charge in [0.2, 0.25) is 5.91 Å². The minimum absolute atomic E-state index is 0.00858. The monoisotopic (exact) mass is 316 g/mol. The highest BCUT2D eigenvalue weighted by Crippen LogP contribution is 2.19. The van der Waals surface area contributed by atoms with Crippen LogP contribution in [0.1, 0.15) is 19.4 Å². The molecule has 0 fully saturated rings. The van der Waals surface area contributed by atoms with Gasteiger partial charge in [0.25, 0.3) is 0 Å². The Hall–Kier alpha value is -0.940. The van der Waals surface area contributed by atoms with Crippen molar-refractivity contribution in [2.75, 3.05) is 13.6 Å². The summed E-state index contributed by atoms with van der Waals surface area (Å²) in [6, 6.07) is 4.71. The third-order valence-corrected chi connectivity index (χ3v) is 3.06. The Morgan fingerprint density at radius 1 is 1.50 bits per heavy atom. The van der Waals surface area contributed by atoms with E-state index < -0.39 is 0 Å². The van der Waals surface area contributed by atoms with E-state index in [9.17, 15) is 9.18 Å². The number of likely N-dealkylation sites (N-methyl/N-ethyl adjacent to an activating group) is 1. The first-order valence-electron chi connectivity index (χ1n) is 5.80. The zero-order valence-corrected chi connectivity index (χ0v) is 12.4. The number of amides is 1. The minimum atomic E-state index is -0.272. The fourth-order valence-electron chi connectivity index (χ4n) is 1.61. The summed E-state index contributed by atoms with van der Waals surface area (Å²) in [7, 11) is 1.86. The number of nitrogens with zero attached hydrogens (tertiary/aromatic N) is 1. The summed E-state index contributed by atoms with van der Waals surface area (Å²) in [5.74, 6) is -0.281. The smallest absolute Gasteiger partial charge is 0.234 e. The molecule has 1 N–H and O–H groups in total. The van der Waals surface area contributed by atoms with E-state index in [4.69, 9.17) is 0 Å². The molecular formula is C13H18BrFN2O. The first kappa shape index (κ1) is 15.1. The molecule has 0 aliphatic rings. The molecule has 0 bridgehead atoms. The van der Waals surface area contributed by atoms with E-state index in [1.807, 2.05) is 25.8 Å². The summed E-state index contributed by atoms with van der Waals surface area (Å²) in [4.78, 5) is 13.5. The maximum Gasteiger partial charge on any atom is 0.234 e. The highest BCUT2D eigenvalue weighted by atomic mass is 79.9. The molecule has 0 heterocycles. The lowest BCUT2D eigenvalue weighted by molar-refractivity contribution is -0.122. The normalized spacial score (nSPS) is 11.1. The van der Waals surface area contributed by atoms with Crippen LogP contribution in [0.15, 0.2) is 22.7 Å². The Kier molecular flexibility index (Phi) is 5.75. The van der Waals surface area contributed by atoms with Crippen molar-refractivity contribution in [3.8, 4) is 0 Å². The van der Waals surface area contributed by atoms with E-state index in [1.165, 1.54) is 12.1 Å². The van der Waals surface area contributed by atoms with E-state index >= 15 is 0 Å². The van der Waals surface area contributed by atoms with Crippen LogP contribution in [0.4, 0.5) is 4.39 Å². The van der Waals surface area contributed by atoms with Crippen LogP contribution in [-0.2, 0) is 11.3 Å². The van der Waals surface area contributed by atoms with Crippen LogP contribution in [0, 0.1) is 5.82 Å². The second-order valence-corrected chi connectivity index (χ2v) is 5.48. The van der Waals surface area contributed by atoms with Crippen LogP contribution in [0.5, 0.6) is 0 Å². The molecule has 1 rings (SSSR count). The van der Waals surface area contributed by atoms with Crippen LogP contribution in [-0.4, -0.2) is 30.4 Å². The van der Waals surface area contributed by atoms with Crippen LogP contribution < -0.4 is 5.32 Å². The average molecular weight is 317 g/mol. The molecule has 0 saturated heterocycles. The average Bonchev–Trinajstić information content (AvgIpc) is 2.20. The molecule has 0 aliphatic carbocycles.